The standard InChI is InChI=1S/C22H31N3O3/c1-5-25(6-2)19-12-13-20(17(3)14-19)24(4)16-22(27)28-23-21(26)15-18-10-8-7-9-11-18/h7-14,22,27H,5-6,15-16H2,1-4H3,(H,23,26). The fraction of sp³-hybridized carbons (Fsp3) is 0.409. The molecule has 1 amide bonds. The number of hydroxylamine groups is 1. The molecule has 0 spiro atoms. The van der Waals surface area contributed by atoms with Gasteiger partial charge in [0.15, 0.2) is 6.29 Å². The van der Waals surface area contributed by atoms with Crippen molar-refractivity contribution < 1.29 is 14.7 Å². The Morgan fingerprint density at radius 2 is 1.82 bits per heavy atom. The van der Waals surface area contributed by atoms with Crippen molar-refractivity contribution in [2.24, 2.45) is 0 Å². The molecule has 0 bridgehead atoms. The van der Waals surface area contributed by atoms with Gasteiger partial charge in [0.25, 0.3) is 0 Å². The Bertz CT molecular complexity index is 748. The molecule has 0 aliphatic rings. The molecule has 0 aromatic heterocycles. The van der Waals surface area contributed by atoms with Gasteiger partial charge in [0.2, 0.25) is 5.91 Å². The Hall–Kier alpha value is -2.57. The summed E-state index contributed by atoms with van der Waals surface area (Å²) in [4.78, 5) is 21.2. The fourth-order valence-corrected chi connectivity index (χ4v) is 3.17. The number of aliphatic hydroxyl groups is 1. The number of hydrogen-bond donors (Lipinski definition) is 2. The van der Waals surface area contributed by atoms with Crippen molar-refractivity contribution in [1.82, 2.24) is 5.48 Å². The zero-order valence-electron chi connectivity index (χ0n) is 17.2. The Kier molecular flexibility index (Phi) is 8.29. The van der Waals surface area contributed by atoms with E-state index in [1.165, 1.54) is 5.69 Å². The molecule has 6 heteroatoms. The minimum Gasteiger partial charge on any atom is -0.372 e. The van der Waals surface area contributed by atoms with Gasteiger partial charge in [-0.2, -0.15) is 0 Å². The Morgan fingerprint density at radius 3 is 2.43 bits per heavy atom. The topological polar surface area (TPSA) is 65.0 Å². The lowest BCUT2D eigenvalue weighted by atomic mass is 10.1. The Labute approximate surface area is 167 Å². The third-order valence-electron chi connectivity index (χ3n) is 4.67. The van der Waals surface area contributed by atoms with Crippen LogP contribution in [0, 0.1) is 6.92 Å². The second-order valence-corrected chi connectivity index (χ2v) is 6.78. The first kappa shape index (κ1) is 21.7. The van der Waals surface area contributed by atoms with E-state index in [9.17, 15) is 9.90 Å². The Balaban J connectivity index is 1.86. The highest BCUT2D eigenvalue weighted by Gasteiger charge is 2.14. The number of amides is 1. The van der Waals surface area contributed by atoms with Crippen LogP contribution in [-0.4, -0.2) is 44.0 Å². The monoisotopic (exact) mass is 385 g/mol. The SMILES string of the molecule is CCN(CC)c1ccc(N(C)CC(O)ONC(=O)Cc2ccccc2)c(C)c1. The van der Waals surface area contributed by atoms with E-state index in [0.717, 1.165) is 29.9 Å². The molecule has 0 heterocycles. The van der Waals surface area contributed by atoms with Crippen LogP contribution in [0.15, 0.2) is 48.5 Å². The lowest BCUT2D eigenvalue weighted by molar-refractivity contribution is -0.163. The number of likely N-dealkylation sites (N-methyl/N-ethyl adjacent to an activating group) is 1. The van der Waals surface area contributed by atoms with E-state index < -0.39 is 6.29 Å². The van der Waals surface area contributed by atoms with Gasteiger partial charge in [-0.1, -0.05) is 30.3 Å². The number of aliphatic hydroxyl groups excluding tert-OH is 1. The Morgan fingerprint density at radius 1 is 1.14 bits per heavy atom. The normalized spacial score (nSPS) is 11.8. The van der Waals surface area contributed by atoms with Crippen molar-refractivity contribution in [2.45, 2.75) is 33.5 Å². The molecule has 152 valence electrons. The molecule has 1 unspecified atom stereocenters. The molecule has 1 atom stereocenters. The van der Waals surface area contributed by atoms with Crippen LogP contribution in [-0.2, 0) is 16.1 Å². The maximum atomic E-state index is 11.9. The molecule has 2 N–H and O–H groups in total. The molecule has 0 saturated carbocycles. The van der Waals surface area contributed by atoms with Crippen molar-refractivity contribution in [3.05, 3.63) is 59.7 Å². The highest BCUT2D eigenvalue weighted by atomic mass is 16.7. The summed E-state index contributed by atoms with van der Waals surface area (Å²) in [5.41, 5.74) is 6.52. The van der Waals surface area contributed by atoms with Crippen LogP contribution in [0.5, 0.6) is 0 Å². The molecule has 0 radical (unpaired) electrons. The van der Waals surface area contributed by atoms with Gasteiger partial charge in [0.1, 0.15) is 0 Å². The molecule has 0 aliphatic carbocycles. The average molecular weight is 386 g/mol. The first-order valence-corrected chi connectivity index (χ1v) is 9.67. The predicted octanol–water partition coefficient (Wildman–Crippen LogP) is 2.89. The number of aryl methyl sites for hydroxylation is 1. The lowest BCUT2D eigenvalue weighted by Gasteiger charge is -2.26. The van der Waals surface area contributed by atoms with E-state index in [1.807, 2.05) is 55.3 Å². The van der Waals surface area contributed by atoms with Crippen molar-refractivity contribution in [1.29, 1.82) is 0 Å². The van der Waals surface area contributed by atoms with Gasteiger partial charge in [-0.3, -0.25) is 4.79 Å². The molecule has 6 nitrogen and oxygen atoms in total. The van der Waals surface area contributed by atoms with Crippen molar-refractivity contribution in [3.8, 4) is 0 Å². The number of rotatable bonds is 10. The van der Waals surface area contributed by atoms with Crippen molar-refractivity contribution >= 4 is 17.3 Å². The zero-order valence-corrected chi connectivity index (χ0v) is 17.2. The van der Waals surface area contributed by atoms with E-state index >= 15 is 0 Å². The van der Waals surface area contributed by atoms with Gasteiger partial charge in [0.05, 0.1) is 13.0 Å². The van der Waals surface area contributed by atoms with Crippen LogP contribution < -0.4 is 15.3 Å². The highest BCUT2D eigenvalue weighted by Crippen LogP contribution is 2.25. The van der Waals surface area contributed by atoms with Gasteiger partial charge < -0.3 is 14.9 Å². The van der Waals surface area contributed by atoms with Crippen LogP contribution in [0.3, 0.4) is 0 Å². The van der Waals surface area contributed by atoms with Crippen LogP contribution >= 0.6 is 0 Å². The van der Waals surface area contributed by atoms with E-state index in [-0.39, 0.29) is 18.9 Å². The maximum absolute atomic E-state index is 11.9. The first-order chi connectivity index (χ1) is 13.4. The molecule has 0 saturated heterocycles. The van der Waals surface area contributed by atoms with Gasteiger partial charge >= 0.3 is 0 Å². The van der Waals surface area contributed by atoms with Crippen LogP contribution in [0.25, 0.3) is 0 Å². The van der Waals surface area contributed by atoms with Gasteiger partial charge in [-0.05, 0) is 50.1 Å². The first-order valence-electron chi connectivity index (χ1n) is 9.67. The number of anilines is 2. The third kappa shape index (κ3) is 6.25. The maximum Gasteiger partial charge on any atom is 0.248 e. The molecule has 2 rings (SSSR count). The van der Waals surface area contributed by atoms with Gasteiger partial charge in [-0.25, -0.2) is 10.3 Å². The van der Waals surface area contributed by atoms with Crippen molar-refractivity contribution in [3.63, 3.8) is 0 Å². The number of hydrogen-bond acceptors (Lipinski definition) is 5. The van der Waals surface area contributed by atoms with Gasteiger partial charge in [0, 0.05) is 31.5 Å². The molecule has 28 heavy (non-hydrogen) atoms. The summed E-state index contributed by atoms with van der Waals surface area (Å²) < 4.78 is 0. The van der Waals surface area contributed by atoms with E-state index in [0.29, 0.717) is 0 Å². The van der Waals surface area contributed by atoms with Crippen molar-refractivity contribution in [2.75, 3.05) is 36.5 Å². The molecule has 0 aliphatic heterocycles. The number of benzene rings is 2. The number of nitrogens with zero attached hydrogens (tertiary/aromatic N) is 2. The smallest absolute Gasteiger partial charge is 0.248 e. The number of carbonyl (C=O) groups is 1. The van der Waals surface area contributed by atoms with Gasteiger partial charge in [-0.15, -0.1) is 0 Å². The third-order valence-corrected chi connectivity index (χ3v) is 4.67. The second kappa shape index (κ2) is 10.7. The second-order valence-electron chi connectivity index (χ2n) is 6.78. The lowest BCUT2D eigenvalue weighted by Crippen LogP contribution is -2.37. The number of nitrogens with one attached hydrogen (secondary N) is 1. The van der Waals surface area contributed by atoms with E-state index in [2.05, 4.69) is 36.4 Å². The summed E-state index contributed by atoms with van der Waals surface area (Å²) in [5.74, 6) is -0.298. The zero-order chi connectivity index (χ0) is 20.5. The van der Waals surface area contributed by atoms with E-state index in [1.54, 1.807) is 0 Å². The average Bonchev–Trinajstić information content (AvgIpc) is 2.68. The van der Waals surface area contributed by atoms with Crippen LogP contribution in [0.4, 0.5) is 11.4 Å². The summed E-state index contributed by atoms with van der Waals surface area (Å²) in [7, 11) is 1.89. The minimum atomic E-state index is -1.13. The number of carbonyl (C=O) groups excluding carboxylic acids is 1. The van der Waals surface area contributed by atoms with Crippen LogP contribution in [0.2, 0.25) is 0 Å². The highest BCUT2D eigenvalue weighted by molar-refractivity contribution is 5.77. The largest absolute Gasteiger partial charge is 0.372 e. The molecular weight excluding hydrogens is 354 g/mol. The summed E-state index contributed by atoms with van der Waals surface area (Å²) in [5, 5.41) is 10.1. The summed E-state index contributed by atoms with van der Waals surface area (Å²) in [6, 6.07) is 15.7. The molecule has 0 fully saturated rings. The summed E-state index contributed by atoms with van der Waals surface area (Å²) in [6.45, 7) is 8.48. The predicted molar refractivity (Wildman–Crippen MR) is 113 cm³/mol. The molecular formula is C22H31N3O3. The molecule has 2 aromatic carbocycles. The molecule has 2 aromatic rings. The minimum absolute atomic E-state index is 0.204. The fourth-order valence-electron chi connectivity index (χ4n) is 3.17. The quantitative estimate of drug-likeness (QED) is 0.486. The van der Waals surface area contributed by atoms with E-state index in [4.69, 9.17) is 4.84 Å². The van der Waals surface area contributed by atoms with Crippen LogP contribution in [0.1, 0.15) is 25.0 Å². The summed E-state index contributed by atoms with van der Waals surface area (Å²) >= 11 is 0. The summed E-state index contributed by atoms with van der Waals surface area (Å²) in [6.07, 6.45) is -0.929.